The number of nitrogens with two attached hydrogens (primary N) is 1. The summed E-state index contributed by atoms with van der Waals surface area (Å²) in [5.74, 6) is 11.8. The number of terminal acetylenes is 3. The van der Waals surface area contributed by atoms with Crippen LogP contribution >= 0.6 is 0 Å². The lowest BCUT2D eigenvalue weighted by Crippen LogP contribution is -2.27. The van der Waals surface area contributed by atoms with Crippen molar-refractivity contribution in [2.75, 3.05) is 34.0 Å². The number of carbonyl (C=O) groups excluding carboxylic acids is 1. The van der Waals surface area contributed by atoms with Crippen LogP contribution in [0.2, 0.25) is 0 Å². The molecule has 1 amide bonds. The fraction of sp³-hybridized carbons (Fsp3) is 0.259. The number of nitrogens with zero attached hydrogens (tertiary/aromatic N) is 6. The maximum absolute atomic E-state index is 13.4. The molecule has 0 fully saturated rings. The molecule has 3 N–H and O–H groups in total. The Kier molecular flexibility index (Phi) is 23.6. The van der Waals surface area contributed by atoms with Crippen molar-refractivity contribution in [2.24, 2.45) is 11.7 Å². The molecule has 0 aliphatic carbocycles. The Morgan fingerprint density at radius 1 is 0.471 bits per heavy atom. The first-order valence-electron chi connectivity index (χ1n) is 34.0. The molecule has 0 unspecified atom stereocenters. The van der Waals surface area contributed by atoms with Crippen molar-refractivity contribution in [1.29, 1.82) is 0 Å². The van der Waals surface area contributed by atoms with E-state index in [0.717, 1.165) is 78.8 Å². The molecule has 4 heterocycles. The van der Waals surface area contributed by atoms with E-state index in [1.165, 1.54) is 16.7 Å². The number of hydrogen-bond donors (Lipinski definition) is 2. The molecule has 8 aromatic carbocycles. The van der Waals surface area contributed by atoms with Crippen LogP contribution in [0.15, 0.2) is 184 Å². The van der Waals surface area contributed by atoms with Gasteiger partial charge in [0.05, 0.1) is 60.9 Å². The number of amides is 1. The zero-order valence-corrected chi connectivity index (χ0v) is 59.3. The molecule has 0 aliphatic rings. The lowest BCUT2D eigenvalue weighted by atomic mass is 9.99. The second-order valence-corrected chi connectivity index (χ2v) is 25.6. The SMILES string of the molecule is C#CCOc1ccc2c(c1)c(-c1ccc(C(C)C)cc1)nc(=O)n2CC(CC)CC.C#CCOc1ccc2c(c1)c(-c1ccc(C(C)C)cc1)nc(=O)n2Cc1cc(OC)ccc1OC.C#CCOc1ccc2c(c1)c(-c1ccc(C(C)C)cc1)nc(=O)n2Cc1cccc2[nH]c(C(N)=O)cc12. The van der Waals surface area contributed by atoms with Crippen LogP contribution < -0.4 is 46.5 Å². The van der Waals surface area contributed by atoms with Crippen LogP contribution in [0.25, 0.3) is 77.4 Å². The summed E-state index contributed by atoms with van der Waals surface area (Å²) in [7, 11) is 3.20. The Morgan fingerprint density at radius 2 is 0.863 bits per heavy atom. The number of primary amides is 1. The number of rotatable bonds is 23. The Labute approximate surface area is 594 Å². The van der Waals surface area contributed by atoms with E-state index < -0.39 is 5.91 Å². The maximum atomic E-state index is 13.4. The molecule has 0 radical (unpaired) electrons. The summed E-state index contributed by atoms with van der Waals surface area (Å²) in [6.45, 7) is 18.9. The minimum atomic E-state index is -0.543. The molecule has 0 saturated carbocycles. The first-order valence-corrected chi connectivity index (χ1v) is 34.0. The van der Waals surface area contributed by atoms with Crippen LogP contribution in [0.5, 0.6) is 28.7 Å². The first-order chi connectivity index (χ1) is 49.3. The van der Waals surface area contributed by atoms with Gasteiger partial charge in [0.2, 0.25) is 0 Å². The molecule has 17 heteroatoms. The van der Waals surface area contributed by atoms with Gasteiger partial charge >= 0.3 is 17.1 Å². The summed E-state index contributed by atoms with van der Waals surface area (Å²) in [6, 6.07) is 54.2. The molecule has 12 aromatic rings. The number of aromatic nitrogens is 7. The molecular formula is C85H84N8O9. The first kappa shape index (κ1) is 72.6. The van der Waals surface area contributed by atoms with Gasteiger partial charge in [0.1, 0.15) is 54.3 Å². The van der Waals surface area contributed by atoms with E-state index in [4.69, 9.17) is 48.7 Å². The van der Waals surface area contributed by atoms with Crippen molar-refractivity contribution in [3.63, 3.8) is 0 Å². The average molecular weight is 1360 g/mol. The van der Waals surface area contributed by atoms with E-state index in [2.05, 4.69) is 129 Å². The third-order valence-corrected chi connectivity index (χ3v) is 18.1. The van der Waals surface area contributed by atoms with Gasteiger partial charge in [0.25, 0.3) is 5.91 Å². The summed E-state index contributed by atoms with van der Waals surface area (Å²) >= 11 is 0. The Morgan fingerprint density at radius 3 is 1.24 bits per heavy atom. The Bertz CT molecular complexity index is 5330. The van der Waals surface area contributed by atoms with Gasteiger partial charge in [-0.3, -0.25) is 18.5 Å². The van der Waals surface area contributed by atoms with Crippen LogP contribution in [0.1, 0.15) is 124 Å². The van der Waals surface area contributed by atoms with Gasteiger partial charge in [0, 0.05) is 55.9 Å². The summed E-state index contributed by atoms with van der Waals surface area (Å²) in [4.78, 5) is 68.0. The van der Waals surface area contributed by atoms with Crippen LogP contribution in [-0.4, -0.2) is 73.6 Å². The van der Waals surface area contributed by atoms with Crippen molar-refractivity contribution in [3.8, 4) is 99.6 Å². The molecule has 518 valence electrons. The molecule has 0 saturated heterocycles. The van der Waals surface area contributed by atoms with Crippen LogP contribution in [0, 0.1) is 42.9 Å². The second kappa shape index (κ2) is 33.2. The largest absolute Gasteiger partial charge is 0.497 e. The smallest absolute Gasteiger partial charge is 0.348 e. The molecule has 12 rings (SSSR count). The monoisotopic (exact) mass is 1360 g/mol. The summed E-state index contributed by atoms with van der Waals surface area (Å²) < 4.78 is 32.9. The normalized spacial score (nSPS) is 11.1. The van der Waals surface area contributed by atoms with E-state index in [1.54, 1.807) is 40.1 Å². The third kappa shape index (κ3) is 16.6. The summed E-state index contributed by atoms with van der Waals surface area (Å²) in [6.07, 6.45) is 18.1. The second-order valence-electron chi connectivity index (χ2n) is 25.6. The maximum Gasteiger partial charge on any atom is 0.348 e. The molecule has 102 heavy (non-hydrogen) atoms. The molecule has 0 aliphatic heterocycles. The highest BCUT2D eigenvalue weighted by Gasteiger charge is 2.21. The van der Waals surface area contributed by atoms with Gasteiger partial charge in [-0.25, -0.2) is 14.4 Å². The van der Waals surface area contributed by atoms with Crippen molar-refractivity contribution in [2.45, 2.75) is 106 Å². The number of fused-ring (bicyclic) bond motifs is 4. The predicted octanol–water partition coefficient (Wildman–Crippen LogP) is 15.7. The number of benzene rings is 8. The van der Waals surface area contributed by atoms with Crippen LogP contribution in [0.3, 0.4) is 0 Å². The van der Waals surface area contributed by atoms with Crippen molar-refractivity contribution in [1.82, 2.24) is 33.6 Å². The topological polar surface area (TPSA) is 210 Å². The lowest BCUT2D eigenvalue weighted by molar-refractivity contribution is 0.0996. The number of ether oxygens (including phenoxy) is 5. The number of hydrogen-bond acceptors (Lipinski definition) is 12. The van der Waals surface area contributed by atoms with Crippen molar-refractivity contribution in [3.05, 3.63) is 235 Å². The fourth-order valence-electron chi connectivity index (χ4n) is 12.3. The number of carbonyl (C=O) groups is 1. The molecule has 0 bridgehead atoms. The van der Waals surface area contributed by atoms with Crippen molar-refractivity contribution < 1.29 is 28.5 Å². The van der Waals surface area contributed by atoms with Crippen molar-refractivity contribution >= 4 is 49.5 Å². The van der Waals surface area contributed by atoms with E-state index in [1.807, 2.05) is 121 Å². The highest BCUT2D eigenvalue weighted by atomic mass is 16.5. The van der Waals surface area contributed by atoms with Gasteiger partial charge < -0.3 is 34.4 Å². The highest BCUT2D eigenvalue weighted by molar-refractivity contribution is 5.99. The highest BCUT2D eigenvalue weighted by Crippen LogP contribution is 2.36. The molecule has 0 spiro atoms. The van der Waals surface area contributed by atoms with Gasteiger partial charge in [-0.2, -0.15) is 15.0 Å². The zero-order chi connectivity index (χ0) is 72.7. The number of H-pyrrole nitrogens is 1. The Balaban J connectivity index is 0.000000166. The predicted molar refractivity (Wildman–Crippen MR) is 408 cm³/mol. The van der Waals surface area contributed by atoms with Crippen LogP contribution in [0.4, 0.5) is 0 Å². The van der Waals surface area contributed by atoms with E-state index >= 15 is 0 Å². The minimum absolute atomic E-state index is 0.134. The van der Waals surface area contributed by atoms with Gasteiger partial charge in [-0.1, -0.05) is 171 Å². The Hall–Kier alpha value is -12.1. The number of aromatic amines is 1. The standard InChI is InChI=1S/C30H26N4O3.C29H28N2O4.C26H30N2O2/c1-4-14-37-22-12-13-27-24(15-22)28(20-10-8-19(9-11-20)18(2)3)33-30(36)34(27)17-21-6-5-7-25-23(21)16-26(32-25)29(31)35;1-6-15-35-24-11-13-26-25(17-24)28(21-9-7-20(8-10-21)19(2)3)30-29(32)31(26)18-22-16-23(33-4)12-14-27(22)34-5;1-6-15-30-22-13-14-24-23(16-22)25(21-11-9-20(10-12-21)18(4)5)27-26(29)28(24)17-19(7-2)8-3/h1,5-13,15-16,18,32H,14,17H2,2-3H3,(H2,31,35);1,7-14,16-17,19H,15,18H2,2-5H3;1,9-14,16,18-19H,7-8,15,17H2,2-5H3. The fourth-order valence-corrected chi connectivity index (χ4v) is 12.3. The minimum Gasteiger partial charge on any atom is -0.497 e. The number of methoxy groups -OCH3 is 2. The average Bonchev–Trinajstić information content (AvgIpc) is 0.827. The van der Waals surface area contributed by atoms with E-state index in [0.29, 0.717) is 87.3 Å². The summed E-state index contributed by atoms with van der Waals surface area (Å²) in [5.41, 5.74) is 17.7. The zero-order valence-electron chi connectivity index (χ0n) is 59.3. The summed E-state index contributed by atoms with van der Waals surface area (Å²) in [5, 5.41) is 3.27. The quantitative estimate of drug-likeness (QED) is 0.0573. The molecule has 17 nitrogen and oxygen atoms in total. The molecule has 0 atom stereocenters. The third-order valence-electron chi connectivity index (χ3n) is 18.1. The molecular weight excluding hydrogens is 1280 g/mol. The van der Waals surface area contributed by atoms with E-state index in [9.17, 15) is 19.2 Å². The molecule has 4 aromatic heterocycles. The van der Waals surface area contributed by atoms with E-state index in [-0.39, 0.29) is 50.0 Å². The lowest BCUT2D eigenvalue weighted by Gasteiger charge is -2.18. The van der Waals surface area contributed by atoms with Gasteiger partial charge in [-0.15, -0.1) is 19.3 Å². The van der Waals surface area contributed by atoms with Gasteiger partial charge in [0.15, 0.2) is 0 Å². The van der Waals surface area contributed by atoms with Crippen LogP contribution in [-0.2, 0) is 19.6 Å². The number of nitrogens with one attached hydrogen (secondary N) is 1. The van der Waals surface area contributed by atoms with Gasteiger partial charge in [-0.05, 0) is 131 Å².